The van der Waals surface area contributed by atoms with Gasteiger partial charge in [-0.25, -0.2) is 4.98 Å². The summed E-state index contributed by atoms with van der Waals surface area (Å²) in [5, 5.41) is 12.6. The summed E-state index contributed by atoms with van der Waals surface area (Å²) in [6.45, 7) is 5.03. The number of aromatic nitrogens is 1. The summed E-state index contributed by atoms with van der Waals surface area (Å²) in [5.41, 5.74) is -0.517. The third-order valence-electron chi connectivity index (χ3n) is 2.55. The molecule has 0 fully saturated rings. The quantitative estimate of drug-likeness (QED) is 0.833. The minimum absolute atomic E-state index is 0.189. The van der Waals surface area contributed by atoms with Gasteiger partial charge in [-0.15, -0.1) is 0 Å². The van der Waals surface area contributed by atoms with Gasteiger partial charge in [-0.05, 0) is 26.8 Å². The van der Waals surface area contributed by atoms with Crippen LogP contribution in [0.1, 0.15) is 31.1 Å². The lowest BCUT2D eigenvalue weighted by Gasteiger charge is -2.29. The summed E-state index contributed by atoms with van der Waals surface area (Å²) in [5.74, 6) is -0.398. The van der Waals surface area contributed by atoms with Gasteiger partial charge in [0.25, 0.3) is 5.91 Å². The normalized spacial score (nSPS) is 13.3. The number of aliphatic hydroxyl groups excluding tert-OH is 1. The van der Waals surface area contributed by atoms with E-state index in [0.717, 1.165) is 0 Å². The first kappa shape index (κ1) is 14.2. The predicted molar refractivity (Wildman–Crippen MR) is 67.5 cm³/mol. The molecule has 6 heteroatoms. The number of carbonyl (C=O) groups is 1. The molecule has 0 aliphatic heterocycles. The van der Waals surface area contributed by atoms with Crippen LogP contribution in [0.15, 0.2) is 12.3 Å². The van der Waals surface area contributed by atoms with Crippen molar-refractivity contribution in [3.8, 4) is 0 Å². The molecule has 0 saturated heterocycles. The van der Waals surface area contributed by atoms with Crippen molar-refractivity contribution < 1.29 is 9.90 Å². The summed E-state index contributed by atoms with van der Waals surface area (Å²) in [4.78, 5) is 15.7. The molecule has 17 heavy (non-hydrogen) atoms. The monoisotopic (exact) mass is 276 g/mol. The highest BCUT2D eigenvalue weighted by molar-refractivity contribution is 6.35. The number of hydrogen-bond donors (Lipinski definition) is 2. The predicted octanol–water partition coefficient (Wildman–Crippen LogP) is 2.28. The molecule has 0 aliphatic rings. The maximum Gasteiger partial charge on any atom is 0.253 e. The van der Waals surface area contributed by atoms with E-state index in [1.165, 1.54) is 12.3 Å². The van der Waals surface area contributed by atoms with E-state index >= 15 is 0 Å². The fourth-order valence-electron chi connectivity index (χ4n) is 1.05. The highest BCUT2D eigenvalue weighted by atomic mass is 35.5. The van der Waals surface area contributed by atoms with Gasteiger partial charge in [0.2, 0.25) is 0 Å². The van der Waals surface area contributed by atoms with Crippen LogP contribution in [-0.2, 0) is 0 Å². The zero-order valence-electron chi connectivity index (χ0n) is 9.79. The lowest BCUT2D eigenvalue weighted by Crippen LogP contribution is -2.51. The van der Waals surface area contributed by atoms with Crippen molar-refractivity contribution in [3.63, 3.8) is 0 Å². The zero-order chi connectivity index (χ0) is 13.2. The molecular weight excluding hydrogens is 263 g/mol. The highest BCUT2D eigenvalue weighted by Gasteiger charge is 2.27. The molecular formula is C11H14Cl2N2O2. The van der Waals surface area contributed by atoms with Gasteiger partial charge in [-0.3, -0.25) is 4.79 Å². The maximum absolute atomic E-state index is 11.9. The summed E-state index contributed by atoms with van der Waals surface area (Å²) < 4.78 is 0. The molecule has 0 spiro atoms. The molecule has 4 nitrogen and oxygen atoms in total. The second-order valence-electron chi connectivity index (χ2n) is 4.34. The first-order chi connectivity index (χ1) is 7.74. The highest BCUT2D eigenvalue weighted by Crippen LogP contribution is 2.19. The van der Waals surface area contributed by atoms with Crippen LogP contribution < -0.4 is 5.32 Å². The number of carbonyl (C=O) groups excluding carboxylic acids is 1. The van der Waals surface area contributed by atoms with Crippen molar-refractivity contribution in [2.75, 3.05) is 0 Å². The van der Waals surface area contributed by atoms with Crippen molar-refractivity contribution in [3.05, 3.63) is 28.0 Å². The number of halogens is 2. The minimum Gasteiger partial charge on any atom is -0.391 e. The molecule has 1 aromatic rings. The van der Waals surface area contributed by atoms with Crippen molar-refractivity contribution >= 4 is 29.1 Å². The molecule has 94 valence electrons. The molecule has 1 heterocycles. The van der Waals surface area contributed by atoms with E-state index in [9.17, 15) is 9.90 Å². The number of nitrogens with one attached hydrogen (secondary N) is 1. The van der Waals surface area contributed by atoms with Gasteiger partial charge in [-0.1, -0.05) is 23.2 Å². The third kappa shape index (κ3) is 3.56. The van der Waals surface area contributed by atoms with Crippen LogP contribution >= 0.6 is 23.2 Å². The molecule has 0 bridgehead atoms. The van der Waals surface area contributed by atoms with Gasteiger partial charge < -0.3 is 10.4 Å². The lowest BCUT2D eigenvalue weighted by atomic mass is 9.98. The molecule has 1 unspecified atom stereocenters. The molecule has 0 aliphatic carbocycles. The topological polar surface area (TPSA) is 62.2 Å². The smallest absolute Gasteiger partial charge is 0.253 e. The number of hydrogen-bond acceptors (Lipinski definition) is 3. The number of aliphatic hydroxyl groups is 1. The number of amides is 1. The summed E-state index contributed by atoms with van der Waals surface area (Å²) in [6.07, 6.45) is 0.622. The van der Waals surface area contributed by atoms with Crippen LogP contribution in [0.25, 0.3) is 0 Å². The van der Waals surface area contributed by atoms with E-state index in [-0.39, 0.29) is 15.7 Å². The van der Waals surface area contributed by atoms with Crippen LogP contribution in [0, 0.1) is 0 Å². The Balaban J connectivity index is 2.94. The van der Waals surface area contributed by atoms with E-state index < -0.39 is 17.6 Å². The second kappa shape index (κ2) is 5.21. The van der Waals surface area contributed by atoms with Gasteiger partial charge in [-0.2, -0.15) is 0 Å². The molecule has 0 radical (unpaired) electrons. The molecule has 1 atom stereocenters. The van der Waals surface area contributed by atoms with E-state index in [0.29, 0.717) is 0 Å². The summed E-state index contributed by atoms with van der Waals surface area (Å²) >= 11 is 11.6. The number of rotatable bonds is 3. The molecule has 0 saturated carbocycles. The standard InChI is InChI=1S/C11H14Cl2N2O2/c1-6(16)11(2,3)15-10(17)7-4-9(13)14-5-8(7)12/h4-6,16H,1-3H3,(H,15,17). The van der Waals surface area contributed by atoms with Crippen molar-refractivity contribution in [1.29, 1.82) is 0 Å². The largest absolute Gasteiger partial charge is 0.391 e. The molecule has 2 N–H and O–H groups in total. The van der Waals surface area contributed by atoms with Crippen LogP contribution in [0.3, 0.4) is 0 Å². The number of pyridine rings is 1. The Labute approximate surface area is 110 Å². The first-order valence-electron chi connectivity index (χ1n) is 5.05. The molecule has 1 amide bonds. The average molecular weight is 277 g/mol. The molecule has 1 rings (SSSR count). The van der Waals surface area contributed by atoms with E-state index in [4.69, 9.17) is 23.2 Å². The fraction of sp³-hybridized carbons (Fsp3) is 0.455. The van der Waals surface area contributed by atoms with Crippen molar-refractivity contribution in [2.24, 2.45) is 0 Å². The van der Waals surface area contributed by atoms with Gasteiger partial charge >= 0.3 is 0 Å². The van der Waals surface area contributed by atoms with Crippen molar-refractivity contribution in [1.82, 2.24) is 10.3 Å². The summed E-state index contributed by atoms with van der Waals surface area (Å²) in [6, 6.07) is 1.39. The fourth-order valence-corrected chi connectivity index (χ4v) is 1.40. The summed E-state index contributed by atoms with van der Waals surface area (Å²) in [7, 11) is 0. The third-order valence-corrected chi connectivity index (χ3v) is 3.05. The average Bonchev–Trinajstić information content (AvgIpc) is 2.20. The van der Waals surface area contributed by atoms with Crippen LogP contribution in [0.4, 0.5) is 0 Å². The Morgan fingerprint density at radius 3 is 2.65 bits per heavy atom. The Kier molecular flexibility index (Phi) is 4.36. The Morgan fingerprint density at radius 2 is 2.12 bits per heavy atom. The Hall–Kier alpha value is -0.840. The van der Waals surface area contributed by atoms with Gasteiger partial charge in [0.05, 0.1) is 22.2 Å². The van der Waals surface area contributed by atoms with E-state index in [1.54, 1.807) is 20.8 Å². The van der Waals surface area contributed by atoms with Crippen LogP contribution in [0.5, 0.6) is 0 Å². The van der Waals surface area contributed by atoms with Gasteiger partial charge in [0.15, 0.2) is 0 Å². The Bertz CT molecular complexity index is 433. The maximum atomic E-state index is 11.9. The first-order valence-corrected chi connectivity index (χ1v) is 5.81. The van der Waals surface area contributed by atoms with Crippen LogP contribution in [-0.4, -0.2) is 27.6 Å². The van der Waals surface area contributed by atoms with Crippen LogP contribution in [0.2, 0.25) is 10.2 Å². The Morgan fingerprint density at radius 1 is 1.53 bits per heavy atom. The van der Waals surface area contributed by atoms with E-state index in [1.807, 2.05) is 0 Å². The SMILES string of the molecule is CC(O)C(C)(C)NC(=O)c1cc(Cl)ncc1Cl. The van der Waals surface area contributed by atoms with Crippen molar-refractivity contribution in [2.45, 2.75) is 32.4 Å². The molecule has 0 aromatic carbocycles. The van der Waals surface area contributed by atoms with Gasteiger partial charge in [0.1, 0.15) is 5.15 Å². The van der Waals surface area contributed by atoms with E-state index in [2.05, 4.69) is 10.3 Å². The second-order valence-corrected chi connectivity index (χ2v) is 5.13. The number of nitrogens with zero attached hydrogens (tertiary/aromatic N) is 1. The minimum atomic E-state index is -0.754. The zero-order valence-corrected chi connectivity index (χ0v) is 11.3. The molecule has 1 aromatic heterocycles. The van der Waals surface area contributed by atoms with Gasteiger partial charge in [0, 0.05) is 6.20 Å². The lowest BCUT2D eigenvalue weighted by molar-refractivity contribution is 0.0709.